The molecule has 0 aromatic heterocycles. The molecular weight excluding hydrogens is 237 g/mol. The Morgan fingerprint density at radius 2 is 2.06 bits per heavy atom. The second-order valence-corrected chi connectivity index (χ2v) is 5.69. The first-order chi connectivity index (χ1) is 8.17. The number of benzene rings is 1. The molecule has 1 aromatic rings. The normalized spacial score (nSPS) is 12.6. The molecule has 1 rings (SSSR count). The zero-order chi connectivity index (χ0) is 12.7. The third-order valence-corrected chi connectivity index (χ3v) is 4.06. The molecule has 0 fully saturated rings. The van der Waals surface area contributed by atoms with E-state index < -0.39 is 10.8 Å². The monoisotopic (exact) mass is 257 g/mol. The van der Waals surface area contributed by atoms with Crippen LogP contribution in [-0.2, 0) is 23.1 Å². The standard InChI is InChI=1S/C13H20FNOS/c1-2-3-4-7-17(16)10-12-8-13(14)6-5-11(12)9-15/h5-6,8H,2-4,7,9-10,15H2,1H3. The molecule has 1 unspecified atom stereocenters. The van der Waals surface area contributed by atoms with Gasteiger partial charge >= 0.3 is 0 Å². The quantitative estimate of drug-likeness (QED) is 0.763. The molecule has 4 heteroatoms. The fourth-order valence-corrected chi connectivity index (χ4v) is 2.97. The van der Waals surface area contributed by atoms with E-state index in [9.17, 15) is 8.60 Å². The Kier molecular flexibility index (Phi) is 6.37. The summed E-state index contributed by atoms with van der Waals surface area (Å²) in [4.78, 5) is 0. The summed E-state index contributed by atoms with van der Waals surface area (Å²) >= 11 is 0. The highest BCUT2D eigenvalue weighted by molar-refractivity contribution is 7.84. The zero-order valence-electron chi connectivity index (χ0n) is 10.2. The van der Waals surface area contributed by atoms with Crippen molar-refractivity contribution in [2.75, 3.05) is 5.75 Å². The predicted molar refractivity (Wildman–Crippen MR) is 70.5 cm³/mol. The Labute approximate surface area is 105 Å². The molecule has 1 aromatic carbocycles. The Bertz CT molecular complexity index is 382. The zero-order valence-corrected chi connectivity index (χ0v) is 11.1. The van der Waals surface area contributed by atoms with E-state index in [0.717, 1.165) is 30.4 Å². The first kappa shape index (κ1) is 14.3. The number of halogens is 1. The van der Waals surface area contributed by atoms with Crippen molar-refractivity contribution in [2.24, 2.45) is 5.73 Å². The molecule has 2 N–H and O–H groups in total. The van der Waals surface area contributed by atoms with E-state index in [2.05, 4.69) is 6.92 Å². The Hall–Kier alpha value is -0.740. The van der Waals surface area contributed by atoms with E-state index in [1.807, 2.05) is 0 Å². The van der Waals surface area contributed by atoms with E-state index in [1.54, 1.807) is 6.07 Å². The molecule has 0 heterocycles. The van der Waals surface area contributed by atoms with Crippen LogP contribution >= 0.6 is 0 Å². The van der Waals surface area contributed by atoms with Crippen LogP contribution in [-0.4, -0.2) is 9.96 Å². The third-order valence-electron chi connectivity index (χ3n) is 2.68. The lowest BCUT2D eigenvalue weighted by molar-refractivity contribution is 0.625. The van der Waals surface area contributed by atoms with Gasteiger partial charge in [-0.2, -0.15) is 0 Å². The number of nitrogens with two attached hydrogens (primary N) is 1. The highest BCUT2D eigenvalue weighted by atomic mass is 32.2. The van der Waals surface area contributed by atoms with Crippen molar-refractivity contribution in [3.63, 3.8) is 0 Å². The van der Waals surface area contributed by atoms with Gasteiger partial charge in [-0.15, -0.1) is 0 Å². The first-order valence-electron chi connectivity index (χ1n) is 5.99. The smallest absolute Gasteiger partial charge is 0.123 e. The number of hydrogen-bond donors (Lipinski definition) is 1. The summed E-state index contributed by atoms with van der Waals surface area (Å²) in [6.07, 6.45) is 3.18. The molecule has 0 radical (unpaired) electrons. The maximum atomic E-state index is 13.1. The van der Waals surface area contributed by atoms with Crippen LogP contribution in [0.4, 0.5) is 4.39 Å². The van der Waals surface area contributed by atoms with Gasteiger partial charge in [0.2, 0.25) is 0 Å². The van der Waals surface area contributed by atoms with Crippen LogP contribution in [0.2, 0.25) is 0 Å². The fraction of sp³-hybridized carbons (Fsp3) is 0.538. The van der Waals surface area contributed by atoms with Gasteiger partial charge in [0.1, 0.15) is 5.82 Å². The van der Waals surface area contributed by atoms with Crippen LogP contribution in [0.5, 0.6) is 0 Å². The van der Waals surface area contributed by atoms with Crippen molar-refractivity contribution >= 4 is 10.8 Å². The number of rotatable bonds is 7. The molecule has 0 saturated heterocycles. The molecule has 0 saturated carbocycles. The lowest BCUT2D eigenvalue weighted by Gasteiger charge is -2.08. The van der Waals surface area contributed by atoms with Crippen molar-refractivity contribution in [1.29, 1.82) is 0 Å². The molecular formula is C13H20FNOS. The maximum Gasteiger partial charge on any atom is 0.123 e. The van der Waals surface area contributed by atoms with Crippen LogP contribution in [0.3, 0.4) is 0 Å². The minimum Gasteiger partial charge on any atom is -0.326 e. The van der Waals surface area contributed by atoms with Gasteiger partial charge in [-0.25, -0.2) is 4.39 Å². The van der Waals surface area contributed by atoms with Crippen LogP contribution in [0, 0.1) is 5.82 Å². The van der Waals surface area contributed by atoms with Gasteiger partial charge < -0.3 is 5.73 Å². The van der Waals surface area contributed by atoms with Crippen LogP contribution in [0.15, 0.2) is 18.2 Å². The Morgan fingerprint density at radius 3 is 2.71 bits per heavy atom. The van der Waals surface area contributed by atoms with E-state index in [-0.39, 0.29) is 5.82 Å². The first-order valence-corrected chi connectivity index (χ1v) is 7.48. The van der Waals surface area contributed by atoms with Crippen molar-refractivity contribution < 1.29 is 8.60 Å². The van der Waals surface area contributed by atoms with E-state index >= 15 is 0 Å². The summed E-state index contributed by atoms with van der Waals surface area (Å²) in [6, 6.07) is 4.51. The van der Waals surface area contributed by atoms with Gasteiger partial charge in [0, 0.05) is 28.9 Å². The molecule has 0 aliphatic heterocycles. The van der Waals surface area contributed by atoms with E-state index in [4.69, 9.17) is 5.73 Å². The Morgan fingerprint density at radius 1 is 1.29 bits per heavy atom. The highest BCUT2D eigenvalue weighted by Gasteiger charge is 2.07. The van der Waals surface area contributed by atoms with Crippen LogP contribution < -0.4 is 5.73 Å². The van der Waals surface area contributed by atoms with Gasteiger partial charge in [-0.1, -0.05) is 25.8 Å². The second kappa shape index (κ2) is 7.56. The molecule has 2 nitrogen and oxygen atoms in total. The van der Waals surface area contributed by atoms with Gasteiger partial charge in [0.05, 0.1) is 0 Å². The minimum absolute atomic E-state index is 0.289. The Balaban J connectivity index is 2.60. The van der Waals surface area contributed by atoms with Crippen molar-refractivity contribution in [1.82, 2.24) is 0 Å². The molecule has 17 heavy (non-hydrogen) atoms. The summed E-state index contributed by atoms with van der Waals surface area (Å²) in [5, 5.41) is 0. The van der Waals surface area contributed by atoms with Gasteiger partial charge in [-0.05, 0) is 29.7 Å². The summed E-state index contributed by atoms with van der Waals surface area (Å²) in [6.45, 7) is 2.48. The molecule has 0 amide bonds. The fourth-order valence-electron chi connectivity index (χ4n) is 1.69. The van der Waals surface area contributed by atoms with Gasteiger partial charge in [0.25, 0.3) is 0 Å². The molecule has 1 atom stereocenters. The van der Waals surface area contributed by atoms with Crippen molar-refractivity contribution in [3.05, 3.63) is 35.1 Å². The SMILES string of the molecule is CCCCCS(=O)Cc1cc(F)ccc1CN. The molecule has 0 bridgehead atoms. The van der Waals surface area contributed by atoms with E-state index in [0.29, 0.717) is 18.1 Å². The van der Waals surface area contributed by atoms with Crippen molar-refractivity contribution in [3.8, 4) is 0 Å². The second-order valence-electron chi connectivity index (χ2n) is 4.11. The lowest BCUT2D eigenvalue weighted by Crippen LogP contribution is -2.07. The van der Waals surface area contributed by atoms with Gasteiger partial charge in [0.15, 0.2) is 0 Å². The summed E-state index contributed by atoms with van der Waals surface area (Å²) in [7, 11) is -0.915. The number of hydrogen-bond acceptors (Lipinski definition) is 2. The summed E-state index contributed by atoms with van der Waals surface area (Å²) in [5.74, 6) is 0.810. The van der Waals surface area contributed by atoms with Crippen LogP contribution in [0.1, 0.15) is 37.3 Å². The summed E-state index contributed by atoms with van der Waals surface area (Å²) in [5.41, 5.74) is 7.24. The minimum atomic E-state index is -0.915. The molecule has 0 spiro atoms. The predicted octanol–water partition coefficient (Wildman–Crippen LogP) is 2.72. The molecule has 0 aliphatic rings. The topological polar surface area (TPSA) is 43.1 Å². The lowest BCUT2D eigenvalue weighted by atomic mass is 10.1. The number of unbranched alkanes of at least 4 members (excludes halogenated alkanes) is 2. The van der Waals surface area contributed by atoms with Crippen molar-refractivity contribution in [2.45, 2.75) is 38.5 Å². The summed E-state index contributed by atoms with van der Waals surface area (Å²) < 4.78 is 24.9. The van der Waals surface area contributed by atoms with E-state index in [1.165, 1.54) is 12.1 Å². The van der Waals surface area contributed by atoms with Gasteiger partial charge in [-0.3, -0.25) is 4.21 Å². The molecule has 0 aliphatic carbocycles. The average molecular weight is 257 g/mol. The maximum absolute atomic E-state index is 13.1. The van der Waals surface area contributed by atoms with Crippen LogP contribution in [0.25, 0.3) is 0 Å². The largest absolute Gasteiger partial charge is 0.326 e. The molecule has 96 valence electrons. The third kappa shape index (κ3) is 4.96. The highest BCUT2D eigenvalue weighted by Crippen LogP contribution is 2.14. The average Bonchev–Trinajstić information content (AvgIpc) is 2.29.